The Kier molecular flexibility index (Phi) is 3.40. The van der Waals surface area contributed by atoms with Gasteiger partial charge in [0.15, 0.2) is 0 Å². The van der Waals surface area contributed by atoms with Crippen molar-refractivity contribution in [1.29, 1.82) is 0 Å². The molecule has 6 heteroatoms. The number of aromatic nitrogens is 2. The highest BCUT2D eigenvalue weighted by Crippen LogP contribution is 2.29. The molecular weight excluding hydrogens is 226 g/mol. The standard InChI is InChI=1S/C11H16F2N4/c1-2-14-9-3-6-15-10(16-9)17-7-4-11(12,13)5-8-17/h3,6H,2,4-5,7-8H2,1H3,(H,14,15,16). The minimum absolute atomic E-state index is 0.123. The number of nitrogens with zero attached hydrogens (tertiary/aromatic N) is 3. The Labute approximate surface area is 99.1 Å². The molecule has 17 heavy (non-hydrogen) atoms. The summed E-state index contributed by atoms with van der Waals surface area (Å²) in [5.74, 6) is -1.27. The molecule has 1 N–H and O–H groups in total. The third-order valence-electron chi connectivity index (χ3n) is 2.78. The molecule has 1 saturated heterocycles. The second kappa shape index (κ2) is 4.81. The van der Waals surface area contributed by atoms with E-state index >= 15 is 0 Å². The largest absolute Gasteiger partial charge is 0.370 e. The average molecular weight is 242 g/mol. The van der Waals surface area contributed by atoms with Gasteiger partial charge in [-0.2, -0.15) is 4.98 Å². The van der Waals surface area contributed by atoms with Crippen molar-refractivity contribution in [3.63, 3.8) is 0 Å². The molecule has 2 heterocycles. The first-order valence-electron chi connectivity index (χ1n) is 5.80. The maximum atomic E-state index is 13.0. The Balaban J connectivity index is 2.05. The zero-order valence-corrected chi connectivity index (χ0v) is 9.79. The lowest BCUT2D eigenvalue weighted by Crippen LogP contribution is -2.40. The van der Waals surface area contributed by atoms with E-state index in [1.54, 1.807) is 17.2 Å². The van der Waals surface area contributed by atoms with Crippen LogP contribution in [0.4, 0.5) is 20.5 Å². The van der Waals surface area contributed by atoms with Crippen LogP contribution in [0.1, 0.15) is 19.8 Å². The lowest BCUT2D eigenvalue weighted by molar-refractivity contribution is -0.0222. The molecule has 0 atom stereocenters. The van der Waals surface area contributed by atoms with Crippen LogP contribution in [0.2, 0.25) is 0 Å². The number of rotatable bonds is 3. The molecule has 0 spiro atoms. The van der Waals surface area contributed by atoms with Gasteiger partial charge in [0.25, 0.3) is 5.92 Å². The molecule has 1 aromatic heterocycles. The number of piperidine rings is 1. The fourth-order valence-corrected chi connectivity index (χ4v) is 1.81. The molecular formula is C11H16F2N4. The molecule has 94 valence electrons. The van der Waals surface area contributed by atoms with Crippen molar-refractivity contribution < 1.29 is 8.78 Å². The third kappa shape index (κ3) is 3.01. The maximum absolute atomic E-state index is 13.0. The van der Waals surface area contributed by atoms with E-state index in [1.807, 2.05) is 6.92 Å². The van der Waals surface area contributed by atoms with Gasteiger partial charge < -0.3 is 10.2 Å². The number of nitrogens with one attached hydrogen (secondary N) is 1. The number of alkyl halides is 2. The number of hydrogen-bond acceptors (Lipinski definition) is 4. The van der Waals surface area contributed by atoms with E-state index in [2.05, 4.69) is 15.3 Å². The SMILES string of the molecule is CCNc1ccnc(N2CCC(F)(F)CC2)n1. The topological polar surface area (TPSA) is 41.1 Å². The van der Waals surface area contributed by atoms with Gasteiger partial charge in [0.05, 0.1) is 0 Å². The van der Waals surface area contributed by atoms with Gasteiger partial charge in [-0.05, 0) is 13.0 Å². The summed E-state index contributed by atoms with van der Waals surface area (Å²) in [5.41, 5.74) is 0. The second-order valence-corrected chi connectivity index (χ2v) is 4.12. The molecule has 0 bridgehead atoms. The van der Waals surface area contributed by atoms with Gasteiger partial charge in [0.2, 0.25) is 5.95 Å². The highest BCUT2D eigenvalue weighted by Gasteiger charge is 2.34. The van der Waals surface area contributed by atoms with Crippen LogP contribution < -0.4 is 10.2 Å². The van der Waals surface area contributed by atoms with Crippen molar-refractivity contribution >= 4 is 11.8 Å². The Morgan fingerprint density at radius 2 is 2.12 bits per heavy atom. The van der Waals surface area contributed by atoms with E-state index in [0.717, 1.165) is 12.4 Å². The Hall–Kier alpha value is -1.46. The Bertz CT molecular complexity index is 373. The molecule has 4 nitrogen and oxygen atoms in total. The highest BCUT2D eigenvalue weighted by molar-refractivity contribution is 5.41. The lowest BCUT2D eigenvalue weighted by Gasteiger charge is -2.31. The summed E-state index contributed by atoms with van der Waals surface area (Å²) in [6.45, 7) is 3.36. The van der Waals surface area contributed by atoms with E-state index in [1.165, 1.54) is 0 Å². The van der Waals surface area contributed by atoms with Crippen LogP contribution in [0.25, 0.3) is 0 Å². The summed E-state index contributed by atoms with van der Waals surface area (Å²) in [6, 6.07) is 1.77. The molecule has 1 aliphatic heterocycles. The van der Waals surface area contributed by atoms with Crippen LogP contribution in [0.5, 0.6) is 0 Å². The van der Waals surface area contributed by atoms with Crippen molar-refractivity contribution in [2.24, 2.45) is 0 Å². The molecule has 1 fully saturated rings. The third-order valence-corrected chi connectivity index (χ3v) is 2.78. The molecule has 0 aliphatic carbocycles. The molecule has 0 radical (unpaired) electrons. The zero-order chi connectivity index (χ0) is 12.3. The number of halogens is 2. The Morgan fingerprint density at radius 1 is 1.41 bits per heavy atom. The molecule has 0 aromatic carbocycles. The normalized spacial score (nSPS) is 19.1. The fraction of sp³-hybridized carbons (Fsp3) is 0.636. The van der Waals surface area contributed by atoms with Crippen molar-refractivity contribution in [3.05, 3.63) is 12.3 Å². The summed E-state index contributed by atoms with van der Waals surface area (Å²) in [4.78, 5) is 10.2. The van der Waals surface area contributed by atoms with Crippen LogP contribution in [0.15, 0.2) is 12.3 Å². The minimum Gasteiger partial charge on any atom is -0.370 e. The monoisotopic (exact) mass is 242 g/mol. The van der Waals surface area contributed by atoms with Crippen LogP contribution in [-0.4, -0.2) is 35.5 Å². The summed E-state index contributed by atoms with van der Waals surface area (Å²) < 4.78 is 26.0. The van der Waals surface area contributed by atoms with E-state index in [0.29, 0.717) is 19.0 Å². The minimum atomic E-state index is -2.53. The van der Waals surface area contributed by atoms with Crippen LogP contribution in [0.3, 0.4) is 0 Å². The van der Waals surface area contributed by atoms with Gasteiger partial charge in [-0.1, -0.05) is 0 Å². The van der Waals surface area contributed by atoms with Crippen molar-refractivity contribution in [2.45, 2.75) is 25.7 Å². The highest BCUT2D eigenvalue weighted by atomic mass is 19.3. The smallest absolute Gasteiger partial charge is 0.251 e. The number of hydrogen-bond donors (Lipinski definition) is 1. The van der Waals surface area contributed by atoms with E-state index in [9.17, 15) is 8.78 Å². The first kappa shape index (κ1) is 12.0. The predicted molar refractivity (Wildman–Crippen MR) is 62.6 cm³/mol. The Morgan fingerprint density at radius 3 is 2.76 bits per heavy atom. The van der Waals surface area contributed by atoms with Gasteiger partial charge in [-0.15, -0.1) is 0 Å². The summed E-state index contributed by atoms with van der Waals surface area (Å²) in [6.07, 6.45) is 1.40. The van der Waals surface area contributed by atoms with E-state index < -0.39 is 5.92 Å². The lowest BCUT2D eigenvalue weighted by atomic mass is 10.1. The molecule has 0 saturated carbocycles. The van der Waals surface area contributed by atoms with E-state index in [4.69, 9.17) is 0 Å². The van der Waals surface area contributed by atoms with Gasteiger partial charge in [0, 0.05) is 38.7 Å². The summed E-state index contributed by atoms with van der Waals surface area (Å²) in [7, 11) is 0. The van der Waals surface area contributed by atoms with Gasteiger partial charge in [-0.3, -0.25) is 0 Å². The van der Waals surface area contributed by atoms with Gasteiger partial charge in [0.1, 0.15) is 5.82 Å². The molecule has 0 amide bonds. The zero-order valence-electron chi connectivity index (χ0n) is 9.79. The van der Waals surface area contributed by atoms with Crippen LogP contribution >= 0.6 is 0 Å². The van der Waals surface area contributed by atoms with Crippen LogP contribution in [0, 0.1) is 0 Å². The quantitative estimate of drug-likeness (QED) is 0.881. The van der Waals surface area contributed by atoms with Crippen molar-refractivity contribution in [3.8, 4) is 0 Å². The molecule has 2 rings (SSSR count). The van der Waals surface area contributed by atoms with E-state index in [-0.39, 0.29) is 12.8 Å². The summed E-state index contributed by atoms with van der Waals surface area (Å²) >= 11 is 0. The maximum Gasteiger partial charge on any atom is 0.251 e. The second-order valence-electron chi connectivity index (χ2n) is 4.12. The average Bonchev–Trinajstić information content (AvgIpc) is 2.30. The first-order valence-corrected chi connectivity index (χ1v) is 5.80. The molecule has 1 aromatic rings. The first-order chi connectivity index (χ1) is 8.11. The van der Waals surface area contributed by atoms with Crippen LogP contribution in [-0.2, 0) is 0 Å². The predicted octanol–water partition coefficient (Wildman–Crippen LogP) is 2.14. The molecule has 1 aliphatic rings. The number of anilines is 2. The fourth-order valence-electron chi connectivity index (χ4n) is 1.81. The van der Waals surface area contributed by atoms with Gasteiger partial charge in [-0.25, -0.2) is 13.8 Å². The summed E-state index contributed by atoms with van der Waals surface area (Å²) in [5, 5.41) is 3.08. The van der Waals surface area contributed by atoms with Crippen molar-refractivity contribution in [1.82, 2.24) is 9.97 Å². The van der Waals surface area contributed by atoms with Crippen molar-refractivity contribution in [2.75, 3.05) is 29.9 Å². The molecule has 0 unspecified atom stereocenters. The van der Waals surface area contributed by atoms with Gasteiger partial charge >= 0.3 is 0 Å².